The molecule has 106 valence electrons. The summed E-state index contributed by atoms with van der Waals surface area (Å²) in [4.78, 5) is 14.6. The Morgan fingerprint density at radius 2 is 2.19 bits per heavy atom. The van der Waals surface area contributed by atoms with Crippen molar-refractivity contribution in [3.63, 3.8) is 0 Å². The van der Waals surface area contributed by atoms with Crippen LogP contribution in [0.15, 0.2) is 30.5 Å². The molecule has 0 spiro atoms. The van der Waals surface area contributed by atoms with Gasteiger partial charge in [0.05, 0.1) is 4.92 Å². The summed E-state index contributed by atoms with van der Waals surface area (Å²) in [6, 6.07) is 6.33. The van der Waals surface area contributed by atoms with Crippen molar-refractivity contribution >= 4 is 39.5 Å². The van der Waals surface area contributed by atoms with Gasteiger partial charge >= 0.3 is 0 Å². The second kappa shape index (κ2) is 5.58. The zero-order valence-electron chi connectivity index (χ0n) is 10.4. The van der Waals surface area contributed by atoms with E-state index in [0.717, 1.165) is 0 Å². The van der Waals surface area contributed by atoms with E-state index in [2.05, 4.69) is 15.2 Å². The van der Waals surface area contributed by atoms with Crippen LogP contribution in [0.1, 0.15) is 5.01 Å². The van der Waals surface area contributed by atoms with Crippen LogP contribution in [0.4, 0.5) is 5.69 Å². The van der Waals surface area contributed by atoms with Crippen LogP contribution in [0.3, 0.4) is 0 Å². The maximum atomic E-state index is 11.0. The summed E-state index contributed by atoms with van der Waals surface area (Å²) < 4.78 is 5.98. The van der Waals surface area contributed by atoms with Crippen molar-refractivity contribution in [2.45, 2.75) is 6.61 Å². The van der Waals surface area contributed by atoms with Gasteiger partial charge in [0.25, 0.3) is 5.69 Å². The van der Waals surface area contributed by atoms with E-state index in [1.807, 2.05) is 0 Å². The SMILES string of the molecule is O=[N+]([O-])c1ccc(OCc2nnc(Cl)s2)c2cccnc12. The first-order valence-corrected chi connectivity index (χ1v) is 6.97. The summed E-state index contributed by atoms with van der Waals surface area (Å²) >= 11 is 6.91. The number of nitrogens with zero attached hydrogens (tertiary/aromatic N) is 4. The molecule has 0 bridgehead atoms. The van der Waals surface area contributed by atoms with Gasteiger partial charge in [-0.1, -0.05) is 11.3 Å². The zero-order chi connectivity index (χ0) is 14.8. The van der Waals surface area contributed by atoms with Crippen LogP contribution >= 0.6 is 22.9 Å². The highest BCUT2D eigenvalue weighted by atomic mass is 35.5. The summed E-state index contributed by atoms with van der Waals surface area (Å²) in [5, 5.41) is 19.7. The molecule has 0 saturated carbocycles. The zero-order valence-corrected chi connectivity index (χ0v) is 12.0. The lowest BCUT2D eigenvalue weighted by Crippen LogP contribution is -1.98. The molecule has 0 aliphatic rings. The van der Waals surface area contributed by atoms with E-state index in [9.17, 15) is 10.1 Å². The van der Waals surface area contributed by atoms with E-state index < -0.39 is 4.92 Å². The summed E-state index contributed by atoms with van der Waals surface area (Å²) in [5.74, 6) is 0.495. The van der Waals surface area contributed by atoms with Crippen LogP contribution in [-0.2, 0) is 6.61 Å². The predicted octanol–water partition coefficient (Wildman–Crippen LogP) is 3.23. The molecule has 3 aromatic rings. The summed E-state index contributed by atoms with van der Waals surface area (Å²) in [6.07, 6.45) is 1.50. The monoisotopic (exact) mass is 322 g/mol. The maximum absolute atomic E-state index is 11.0. The fraction of sp³-hybridized carbons (Fsp3) is 0.0833. The molecule has 0 atom stereocenters. The van der Waals surface area contributed by atoms with Gasteiger partial charge < -0.3 is 4.74 Å². The Labute approximate surface area is 127 Å². The summed E-state index contributed by atoms with van der Waals surface area (Å²) in [5.41, 5.74) is 0.229. The van der Waals surface area contributed by atoms with Gasteiger partial charge in [-0.05, 0) is 29.8 Å². The highest BCUT2D eigenvalue weighted by Gasteiger charge is 2.16. The number of hydrogen-bond donors (Lipinski definition) is 0. The standard InChI is InChI=1S/C12H7ClN4O3S/c13-12-16-15-10(21-12)6-20-9-4-3-8(17(18)19)11-7(9)2-1-5-14-11/h1-5H,6H2. The van der Waals surface area contributed by atoms with Crippen LogP contribution < -0.4 is 4.74 Å². The Hall–Kier alpha value is -2.32. The van der Waals surface area contributed by atoms with Gasteiger partial charge in [0.1, 0.15) is 12.4 Å². The third-order valence-corrected chi connectivity index (χ3v) is 3.69. The topological polar surface area (TPSA) is 91.0 Å². The van der Waals surface area contributed by atoms with E-state index in [-0.39, 0.29) is 17.8 Å². The molecule has 1 aromatic carbocycles. The number of non-ortho nitro benzene ring substituents is 1. The molecule has 0 amide bonds. The Balaban J connectivity index is 1.96. The van der Waals surface area contributed by atoms with Crippen LogP contribution in [0.25, 0.3) is 10.9 Å². The molecule has 3 rings (SSSR count). The highest BCUT2D eigenvalue weighted by molar-refractivity contribution is 7.15. The van der Waals surface area contributed by atoms with Crippen molar-refractivity contribution < 1.29 is 9.66 Å². The lowest BCUT2D eigenvalue weighted by Gasteiger charge is -2.07. The van der Waals surface area contributed by atoms with Crippen LogP contribution in [0.2, 0.25) is 4.47 Å². The smallest absolute Gasteiger partial charge is 0.295 e. The molecule has 0 radical (unpaired) electrons. The number of halogens is 1. The van der Waals surface area contributed by atoms with E-state index in [1.165, 1.54) is 23.6 Å². The fourth-order valence-electron chi connectivity index (χ4n) is 1.84. The number of ether oxygens (including phenoxy) is 1. The Kier molecular flexibility index (Phi) is 3.63. The Morgan fingerprint density at radius 1 is 1.33 bits per heavy atom. The first-order valence-electron chi connectivity index (χ1n) is 5.78. The van der Waals surface area contributed by atoms with Gasteiger partial charge in [0.15, 0.2) is 10.5 Å². The van der Waals surface area contributed by atoms with Gasteiger partial charge in [-0.2, -0.15) is 0 Å². The number of aromatic nitrogens is 3. The normalized spacial score (nSPS) is 10.7. The van der Waals surface area contributed by atoms with Gasteiger partial charge in [0.2, 0.25) is 4.47 Å². The van der Waals surface area contributed by atoms with Crippen molar-refractivity contribution in [2.24, 2.45) is 0 Å². The molecule has 2 aromatic heterocycles. The third kappa shape index (κ3) is 2.76. The molecule has 0 aliphatic heterocycles. The number of nitro groups is 1. The molecule has 0 fully saturated rings. The lowest BCUT2D eigenvalue weighted by atomic mass is 10.2. The number of fused-ring (bicyclic) bond motifs is 1. The highest BCUT2D eigenvalue weighted by Crippen LogP contribution is 2.31. The lowest BCUT2D eigenvalue weighted by molar-refractivity contribution is -0.383. The van der Waals surface area contributed by atoms with Crippen molar-refractivity contribution in [1.29, 1.82) is 0 Å². The van der Waals surface area contributed by atoms with E-state index >= 15 is 0 Å². The van der Waals surface area contributed by atoms with Crippen molar-refractivity contribution in [3.8, 4) is 5.75 Å². The predicted molar refractivity (Wildman–Crippen MR) is 77.6 cm³/mol. The van der Waals surface area contributed by atoms with Crippen LogP contribution in [-0.4, -0.2) is 20.1 Å². The van der Waals surface area contributed by atoms with Crippen molar-refractivity contribution in [2.75, 3.05) is 0 Å². The average molecular weight is 323 g/mol. The minimum Gasteiger partial charge on any atom is -0.486 e. The molecule has 2 heterocycles. The minimum absolute atomic E-state index is 0.0584. The van der Waals surface area contributed by atoms with E-state index in [0.29, 0.717) is 20.6 Å². The number of pyridine rings is 1. The number of benzene rings is 1. The maximum Gasteiger partial charge on any atom is 0.295 e. The average Bonchev–Trinajstić information content (AvgIpc) is 2.90. The molecular formula is C12H7ClN4O3S. The first kappa shape index (κ1) is 13.7. The minimum atomic E-state index is -0.469. The quantitative estimate of drug-likeness (QED) is 0.541. The third-order valence-electron chi connectivity index (χ3n) is 2.70. The van der Waals surface area contributed by atoms with Crippen LogP contribution in [0, 0.1) is 10.1 Å². The van der Waals surface area contributed by atoms with Crippen molar-refractivity contribution in [3.05, 3.63) is 50.1 Å². The molecule has 0 saturated heterocycles. The molecule has 7 nitrogen and oxygen atoms in total. The molecule has 0 unspecified atom stereocenters. The number of rotatable bonds is 4. The molecule has 0 N–H and O–H groups in total. The Morgan fingerprint density at radius 3 is 2.90 bits per heavy atom. The van der Waals surface area contributed by atoms with E-state index in [1.54, 1.807) is 18.2 Å². The van der Waals surface area contributed by atoms with Gasteiger partial charge in [-0.15, -0.1) is 10.2 Å². The summed E-state index contributed by atoms with van der Waals surface area (Å²) in [6.45, 7) is 0.187. The Bertz CT molecular complexity index is 823. The molecule has 21 heavy (non-hydrogen) atoms. The number of nitro benzene ring substituents is 1. The molecule has 0 aliphatic carbocycles. The number of hydrogen-bond acceptors (Lipinski definition) is 7. The largest absolute Gasteiger partial charge is 0.486 e. The second-order valence-electron chi connectivity index (χ2n) is 3.98. The van der Waals surface area contributed by atoms with Crippen molar-refractivity contribution in [1.82, 2.24) is 15.2 Å². The summed E-state index contributed by atoms with van der Waals surface area (Å²) in [7, 11) is 0. The first-order chi connectivity index (χ1) is 10.1. The van der Waals surface area contributed by atoms with Gasteiger partial charge in [-0.3, -0.25) is 10.1 Å². The molecular weight excluding hydrogens is 316 g/mol. The second-order valence-corrected chi connectivity index (χ2v) is 5.62. The molecule has 9 heteroatoms. The van der Waals surface area contributed by atoms with Gasteiger partial charge in [-0.25, -0.2) is 4.98 Å². The fourth-order valence-corrected chi connectivity index (χ4v) is 2.62. The van der Waals surface area contributed by atoms with E-state index in [4.69, 9.17) is 16.3 Å². The van der Waals surface area contributed by atoms with Gasteiger partial charge in [0, 0.05) is 17.6 Å². The van der Waals surface area contributed by atoms with Crippen LogP contribution in [0.5, 0.6) is 5.75 Å².